The molecule has 0 amide bonds. The molecule has 0 aliphatic heterocycles. The molecule has 0 radical (unpaired) electrons. The minimum Gasteiger partial charge on any atom is -0.352 e. The highest BCUT2D eigenvalue weighted by Crippen LogP contribution is 2.10. The number of rotatable bonds is 4. The molecular formula is C14H16BrN3S. The number of aliphatic imine (C=N–C) groups is 1. The lowest BCUT2D eigenvalue weighted by Gasteiger charge is -2.11. The van der Waals surface area contributed by atoms with Crippen LogP contribution in [0.5, 0.6) is 0 Å². The molecule has 1 aromatic heterocycles. The van der Waals surface area contributed by atoms with Crippen molar-refractivity contribution >= 4 is 33.2 Å². The Morgan fingerprint density at radius 1 is 1.16 bits per heavy atom. The minimum atomic E-state index is 0.761. The molecule has 19 heavy (non-hydrogen) atoms. The van der Waals surface area contributed by atoms with Gasteiger partial charge in [0.1, 0.15) is 0 Å². The Labute approximate surface area is 125 Å². The summed E-state index contributed by atoms with van der Waals surface area (Å²) in [5.74, 6) is 0.816. The van der Waals surface area contributed by atoms with Crippen molar-refractivity contribution in [3.8, 4) is 0 Å². The number of nitrogens with zero attached hydrogens (tertiary/aromatic N) is 1. The number of guanidine groups is 1. The molecule has 0 fully saturated rings. The van der Waals surface area contributed by atoms with Crippen molar-refractivity contribution < 1.29 is 0 Å². The topological polar surface area (TPSA) is 36.4 Å². The first-order chi connectivity index (χ1) is 9.28. The van der Waals surface area contributed by atoms with Crippen molar-refractivity contribution in [2.24, 2.45) is 4.99 Å². The van der Waals surface area contributed by atoms with E-state index >= 15 is 0 Å². The monoisotopic (exact) mass is 337 g/mol. The normalized spacial score (nSPS) is 11.4. The molecule has 0 aliphatic rings. The van der Waals surface area contributed by atoms with E-state index < -0.39 is 0 Å². The van der Waals surface area contributed by atoms with Crippen LogP contribution in [0.4, 0.5) is 0 Å². The third-order valence-electron chi connectivity index (χ3n) is 2.61. The lowest BCUT2D eigenvalue weighted by Crippen LogP contribution is -2.36. The van der Waals surface area contributed by atoms with Gasteiger partial charge in [0.15, 0.2) is 5.96 Å². The van der Waals surface area contributed by atoms with Crippen molar-refractivity contribution in [2.45, 2.75) is 13.1 Å². The maximum atomic E-state index is 4.21. The van der Waals surface area contributed by atoms with E-state index in [1.54, 1.807) is 18.4 Å². The zero-order valence-corrected chi connectivity index (χ0v) is 13.1. The van der Waals surface area contributed by atoms with Crippen LogP contribution in [0.15, 0.2) is 51.2 Å². The molecule has 0 atom stereocenters. The van der Waals surface area contributed by atoms with E-state index in [0.717, 1.165) is 23.5 Å². The van der Waals surface area contributed by atoms with Gasteiger partial charge in [-0.05, 0) is 29.1 Å². The number of hydrogen-bond acceptors (Lipinski definition) is 2. The highest BCUT2D eigenvalue weighted by molar-refractivity contribution is 9.10. The van der Waals surface area contributed by atoms with E-state index in [1.165, 1.54) is 10.4 Å². The summed E-state index contributed by atoms with van der Waals surface area (Å²) in [7, 11) is 1.78. The summed E-state index contributed by atoms with van der Waals surface area (Å²) in [5.41, 5.74) is 1.22. The number of nitrogens with one attached hydrogen (secondary N) is 2. The second kappa shape index (κ2) is 7.31. The molecule has 1 aromatic carbocycles. The second-order valence-electron chi connectivity index (χ2n) is 3.99. The van der Waals surface area contributed by atoms with Gasteiger partial charge in [-0.2, -0.15) is 0 Å². The molecule has 0 unspecified atom stereocenters. The maximum absolute atomic E-state index is 4.21. The first kappa shape index (κ1) is 14.1. The Bertz CT molecular complexity index is 520. The van der Waals surface area contributed by atoms with Gasteiger partial charge in [-0.25, -0.2) is 0 Å². The van der Waals surface area contributed by atoms with Gasteiger partial charge in [0.2, 0.25) is 0 Å². The van der Waals surface area contributed by atoms with Gasteiger partial charge in [0.05, 0.1) is 6.54 Å². The van der Waals surface area contributed by atoms with Gasteiger partial charge in [-0.1, -0.05) is 34.1 Å². The molecular weight excluding hydrogens is 322 g/mol. The van der Waals surface area contributed by atoms with Gasteiger partial charge < -0.3 is 10.6 Å². The molecule has 2 rings (SSSR count). The summed E-state index contributed by atoms with van der Waals surface area (Å²) in [4.78, 5) is 5.51. The van der Waals surface area contributed by atoms with Gasteiger partial charge in [-0.3, -0.25) is 4.99 Å². The Hall–Kier alpha value is -1.33. The Morgan fingerprint density at radius 3 is 2.53 bits per heavy atom. The van der Waals surface area contributed by atoms with Crippen molar-refractivity contribution in [1.82, 2.24) is 10.6 Å². The van der Waals surface area contributed by atoms with Crippen molar-refractivity contribution in [3.05, 3.63) is 56.7 Å². The molecule has 0 spiro atoms. The fraction of sp³-hybridized carbons (Fsp3) is 0.214. The smallest absolute Gasteiger partial charge is 0.191 e. The lowest BCUT2D eigenvalue weighted by molar-refractivity contribution is 0.815. The zero-order valence-electron chi connectivity index (χ0n) is 10.7. The number of hydrogen-bond donors (Lipinski definition) is 2. The molecule has 0 bridgehead atoms. The fourth-order valence-corrected chi connectivity index (χ4v) is 2.50. The van der Waals surface area contributed by atoms with Gasteiger partial charge >= 0.3 is 0 Å². The summed E-state index contributed by atoms with van der Waals surface area (Å²) >= 11 is 5.17. The molecule has 100 valence electrons. The molecule has 5 heteroatoms. The second-order valence-corrected chi connectivity index (χ2v) is 5.93. The minimum absolute atomic E-state index is 0.761. The summed E-state index contributed by atoms with van der Waals surface area (Å²) in [6.45, 7) is 1.56. The average Bonchev–Trinajstić information content (AvgIpc) is 2.94. The molecule has 1 heterocycles. The van der Waals surface area contributed by atoms with Crippen LogP contribution in [0.3, 0.4) is 0 Å². The molecule has 0 saturated carbocycles. The first-order valence-electron chi connectivity index (χ1n) is 5.99. The van der Waals surface area contributed by atoms with Crippen molar-refractivity contribution in [1.29, 1.82) is 0 Å². The molecule has 2 N–H and O–H groups in total. The van der Waals surface area contributed by atoms with E-state index in [-0.39, 0.29) is 0 Å². The van der Waals surface area contributed by atoms with Crippen LogP contribution in [0, 0.1) is 0 Å². The molecule has 3 nitrogen and oxygen atoms in total. The first-order valence-corrected chi connectivity index (χ1v) is 7.66. The van der Waals surface area contributed by atoms with Crippen LogP contribution in [0.25, 0.3) is 0 Å². The van der Waals surface area contributed by atoms with E-state index in [0.29, 0.717) is 0 Å². The quantitative estimate of drug-likeness (QED) is 0.662. The average molecular weight is 338 g/mol. The van der Waals surface area contributed by atoms with E-state index in [4.69, 9.17) is 0 Å². The Kier molecular flexibility index (Phi) is 5.42. The van der Waals surface area contributed by atoms with Gasteiger partial charge in [0.25, 0.3) is 0 Å². The third-order valence-corrected chi connectivity index (χ3v) is 4.01. The fourth-order valence-electron chi connectivity index (χ4n) is 1.59. The standard InChI is InChI=1S/C14H16BrN3S/c1-16-14(18-10-13-3-2-8-19-13)17-9-11-4-6-12(15)7-5-11/h2-8H,9-10H2,1H3,(H2,16,17,18). The van der Waals surface area contributed by atoms with Crippen LogP contribution in [-0.2, 0) is 13.1 Å². The summed E-state index contributed by atoms with van der Waals surface area (Å²) in [6, 6.07) is 12.4. The molecule has 2 aromatic rings. The third kappa shape index (κ3) is 4.69. The van der Waals surface area contributed by atoms with Gasteiger partial charge in [0, 0.05) is 22.9 Å². The highest BCUT2D eigenvalue weighted by Gasteiger charge is 1.99. The number of halogens is 1. The van der Waals surface area contributed by atoms with E-state index in [2.05, 4.69) is 61.2 Å². The highest BCUT2D eigenvalue weighted by atomic mass is 79.9. The SMILES string of the molecule is CN=C(NCc1ccc(Br)cc1)NCc1cccs1. The summed E-state index contributed by atoms with van der Waals surface area (Å²) < 4.78 is 1.09. The van der Waals surface area contributed by atoms with Crippen LogP contribution < -0.4 is 10.6 Å². The van der Waals surface area contributed by atoms with Crippen molar-refractivity contribution in [3.63, 3.8) is 0 Å². The predicted octanol–water partition coefficient (Wildman–Crippen LogP) is 3.38. The summed E-state index contributed by atoms with van der Waals surface area (Å²) in [5, 5.41) is 8.67. The number of benzene rings is 1. The van der Waals surface area contributed by atoms with E-state index in [1.807, 2.05) is 12.1 Å². The largest absolute Gasteiger partial charge is 0.352 e. The maximum Gasteiger partial charge on any atom is 0.191 e. The Balaban J connectivity index is 1.81. The summed E-state index contributed by atoms with van der Waals surface area (Å²) in [6.07, 6.45) is 0. The van der Waals surface area contributed by atoms with Crippen molar-refractivity contribution in [2.75, 3.05) is 7.05 Å². The predicted molar refractivity (Wildman–Crippen MR) is 85.5 cm³/mol. The van der Waals surface area contributed by atoms with Gasteiger partial charge in [-0.15, -0.1) is 11.3 Å². The zero-order chi connectivity index (χ0) is 13.5. The van der Waals surface area contributed by atoms with Crippen LogP contribution >= 0.6 is 27.3 Å². The lowest BCUT2D eigenvalue weighted by atomic mass is 10.2. The van der Waals surface area contributed by atoms with Crippen LogP contribution in [-0.4, -0.2) is 13.0 Å². The number of thiophene rings is 1. The molecule has 0 aliphatic carbocycles. The molecule has 0 saturated heterocycles. The van der Waals surface area contributed by atoms with Crippen LogP contribution in [0.2, 0.25) is 0 Å². The Morgan fingerprint density at radius 2 is 1.89 bits per heavy atom. The van der Waals surface area contributed by atoms with Crippen LogP contribution in [0.1, 0.15) is 10.4 Å². The van der Waals surface area contributed by atoms with E-state index in [9.17, 15) is 0 Å².